The lowest BCUT2D eigenvalue weighted by molar-refractivity contribution is -0.134. The van der Waals surface area contributed by atoms with Crippen molar-refractivity contribution in [3.63, 3.8) is 0 Å². The van der Waals surface area contributed by atoms with Crippen molar-refractivity contribution in [1.82, 2.24) is 15.5 Å². The van der Waals surface area contributed by atoms with Crippen LogP contribution in [0.3, 0.4) is 0 Å². The van der Waals surface area contributed by atoms with Gasteiger partial charge in [-0.2, -0.15) is 0 Å². The average Bonchev–Trinajstić information content (AvgIpc) is 2.71. The molecule has 1 aliphatic heterocycles. The number of aryl methyl sites for hydroxylation is 1. The van der Waals surface area contributed by atoms with E-state index in [4.69, 9.17) is 4.74 Å². The molecule has 1 aromatic rings. The van der Waals surface area contributed by atoms with Gasteiger partial charge in [-0.15, -0.1) is 0 Å². The molecule has 0 radical (unpaired) electrons. The van der Waals surface area contributed by atoms with Crippen molar-refractivity contribution in [3.05, 3.63) is 29.8 Å². The number of benzene rings is 1. The van der Waals surface area contributed by atoms with Gasteiger partial charge in [0.05, 0.1) is 6.61 Å². The number of hydrogen-bond donors (Lipinski definition) is 2. The number of nitrogens with one attached hydrogen (secondary N) is 2. The molecular weight excluding hydrogens is 310 g/mol. The van der Waals surface area contributed by atoms with Gasteiger partial charge in [-0.25, -0.2) is 4.79 Å². The molecule has 2 rings (SSSR count). The maximum atomic E-state index is 12.0. The van der Waals surface area contributed by atoms with Crippen LogP contribution in [0.2, 0.25) is 0 Å². The Morgan fingerprint density at radius 2 is 1.92 bits per heavy atom. The molecule has 1 aliphatic rings. The molecule has 1 fully saturated rings. The summed E-state index contributed by atoms with van der Waals surface area (Å²) in [5, 5.41) is 5.21. The molecule has 0 spiro atoms. The minimum atomic E-state index is -0.959. The molecule has 1 heterocycles. The summed E-state index contributed by atoms with van der Waals surface area (Å²) in [6, 6.07) is 7.19. The van der Waals surface area contributed by atoms with Gasteiger partial charge in [0.2, 0.25) is 5.91 Å². The fourth-order valence-corrected chi connectivity index (χ4v) is 2.29. The van der Waals surface area contributed by atoms with E-state index in [1.165, 1.54) is 5.56 Å². The van der Waals surface area contributed by atoms with Crippen LogP contribution in [0.15, 0.2) is 24.3 Å². The van der Waals surface area contributed by atoms with Gasteiger partial charge in [0.25, 0.3) is 5.91 Å². The first-order valence-electron chi connectivity index (χ1n) is 7.90. The number of rotatable bonds is 7. The predicted octanol–water partition coefficient (Wildman–Crippen LogP) is 1.21. The fraction of sp³-hybridized carbons (Fsp3) is 0.471. The van der Waals surface area contributed by atoms with Crippen LogP contribution in [0.5, 0.6) is 5.75 Å². The Kier molecular flexibility index (Phi) is 5.43. The van der Waals surface area contributed by atoms with Gasteiger partial charge < -0.3 is 15.4 Å². The summed E-state index contributed by atoms with van der Waals surface area (Å²) >= 11 is 0. The van der Waals surface area contributed by atoms with Gasteiger partial charge in [0.15, 0.2) is 0 Å². The van der Waals surface area contributed by atoms with E-state index in [0.717, 1.165) is 10.6 Å². The standard InChI is InChI=1S/C17H23N3O4/c1-12-5-7-13(8-6-12)24-10-4-9-18-14(21)11-20-15(22)17(2,3)19-16(20)23/h5-8H,4,9-11H2,1-3H3,(H,18,21)(H,19,23). The molecule has 24 heavy (non-hydrogen) atoms. The summed E-state index contributed by atoms with van der Waals surface area (Å²) in [4.78, 5) is 36.4. The molecule has 7 heteroatoms. The zero-order valence-electron chi connectivity index (χ0n) is 14.2. The van der Waals surface area contributed by atoms with E-state index >= 15 is 0 Å². The van der Waals surface area contributed by atoms with E-state index in [1.807, 2.05) is 31.2 Å². The van der Waals surface area contributed by atoms with Crippen LogP contribution >= 0.6 is 0 Å². The number of ether oxygens (including phenoxy) is 1. The largest absolute Gasteiger partial charge is 0.494 e. The number of carbonyl (C=O) groups is 3. The first-order chi connectivity index (χ1) is 11.3. The summed E-state index contributed by atoms with van der Waals surface area (Å²) in [7, 11) is 0. The Balaban J connectivity index is 1.66. The Morgan fingerprint density at radius 1 is 1.25 bits per heavy atom. The molecular formula is C17H23N3O4. The molecule has 0 saturated carbocycles. The quantitative estimate of drug-likeness (QED) is 0.580. The van der Waals surface area contributed by atoms with Crippen LogP contribution in [0.25, 0.3) is 0 Å². The summed E-state index contributed by atoms with van der Waals surface area (Å²) in [5.74, 6) is 0.0189. The van der Waals surface area contributed by atoms with Gasteiger partial charge in [-0.3, -0.25) is 14.5 Å². The van der Waals surface area contributed by atoms with Crippen molar-refractivity contribution < 1.29 is 19.1 Å². The molecule has 2 N–H and O–H groups in total. The van der Waals surface area contributed by atoms with E-state index in [2.05, 4.69) is 10.6 Å². The maximum Gasteiger partial charge on any atom is 0.325 e. The number of amides is 4. The molecule has 0 bridgehead atoms. The Bertz CT molecular complexity index is 625. The molecule has 0 aromatic heterocycles. The van der Waals surface area contributed by atoms with Crippen molar-refractivity contribution in [2.24, 2.45) is 0 Å². The van der Waals surface area contributed by atoms with E-state index < -0.39 is 17.5 Å². The second-order valence-corrected chi connectivity index (χ2v) is 6.31. The van der Waals surface area contributed by atoms with Crippen molar-refractivity contribution in [1.29, 1.82) is 0 Å². The summed E-state index contributed by atoms with van der Waals surface area (Å²) in [6.45, 7) is 5.83. The summed E-state index contributed by atoms with van der Waals surface area (Å²) in [5.41, 5.74) is 0.206. The molecule has 1 aromatic carbocycles. The third kappa shape index (κ3) is 4.47. The minimum Gasteiger partial charge on any atom is -0.494 e. The molecule has 7 nitrogen and oxygen atoms in total. The second-order valence-electron chi connectivity index (χ2n) is 6.31. The number of nitrogens with zero attached hydrogens (tertiary/aromatic N) is 1. The highest BCUT2D eigenvalue weighted by atomic mass is 16.5. The lowest BCUT2D eigenvalue weighted by Crippen LogP contribution is -2.43. The smallest absolute Gasteiger partial charge is 0.325 e. The van der Waals surface area contributed by atoms with Crippen molar-refractivity contribution in [3.8, 4) is 5.75 Å². The molecule has 1 saturated heterocycles. The zero-order chi connectivity index (χ0) is 17.7. The van der Waals surface area contributed by atoms with Crippen molar-refractivity contribution >= 4 is 17.8 Å². The molecule has 4 amide bonds. The number of imide groups is 1. The van der Waals surface area contributed by atoms with E-state index in [-0.39, 0.29) is 12.5 Å². The number of carbonyl (C=O) groups excluding carboxylic acids is 3. The molecule has 0 aliphatic carbocycles. The highest BCUT2D eigenvalue weighted by Gasteiger charge is 2.44. The Labute approximate surface area is 141 Å². The number of urea groups is 1. The van der Waals surface area contributed by atoms with E-state index in [9.17, 15) is 14.4 Å². The lowest BCUT2D eigenvalue weighted by Gasteiger charge is -2.15. The zero-order valence-corrected chi connectivity index (χ0v) is 14.2. The van der Waals surface area contributed by atoms with Crippen LogP contribution in [0.4, 0.5) is 4.79 Å². The molecule has 0 atom stereocenters. The lowest BCUT2D eigenvalue weighted by atomic mass is 10.1. The third-order valence-corrected chi connectivity index (χ3v) is 3.68. The Morgan fingerprint density at radius 3 is 2.50 bits per heavy atom. The summed E-state index contributed by atoms with van der Waals surface area (Å²) in [6.07, 6.45) is 0.630. The second kappa shape index (κ2) is 7.33. The predicted molar refractivity (Wildman–Crippen MR) is 88.6 cm³/mol. The SMILES string of the molecule is Cc1ccc(OCCCNC(=O)CN2C(=O)NC(C)(C)C2=O)cc1. The average molecular weight is 333 g/mol. The van der Waals surface area contributed by atoms with E-state index in [0.29, 0.717) is 19.6 Å². The van der Waals surface area contributed by atoms with Gasteiger partial charge in [-0.05, 0) is 39.3 Å². The van der Waals surface area contributed by atoms with Crippen LogP contribution in [-0.4, -0.2) is 48.0 Å². The van der Waals surface area contributed by atoms with Gasteiger partial charge in [0, 0.05) is 6.54 Å². The fourth-order valence-electron chi connectivity index (χ4n) is 2.29. The first-order valence-corrected chi connectivity index (χ1v) is 7.90. The summed E-state index contributed by atoms with van der Waals surface area (Å²) < 4.78 is 5.56. The van der Waals surface area contributed by atoms with Crippen LogP contribution < -0.4 is 15.4 Å². The van der Waals surface area contributed by atoms with Crippen LogP contribution in [-0.2, 0) is 9.59 Å². The maximum absolute atomic E-state index is 12.0. The van der Waals surface area contributed by atoms with Gasteiger partial charge in [-0.1, -0.05) is 17.7 Å². The minimum absolute atomic E-state index is 0.271. The van der Waals surface area contributed by atoms with Gasteiger partial charge in [0.1, 0.15) is 17.8 Å². The topological polar surface area (TPSA) is 87.7 Å². The Hall–Kier alpha value is -2.57. The van der Waals surface area contributed by atoms with Crippen LogP contribution in [0, 0.1) is 6.92 Å². The first kappa shape index (κ1) is 17.8. The van der Waals surface area contributed by atoms with Crippen LogP contribution in [0.1, 0.15) is 25.8 Å². The third-order valence-electron chi connectivity index (χ3n) is 3.68. The molecule has 0 unspecified atom stereocenters. The van der Waals surface area contributed by atoms with Crippen molar-refractivity contribution in [2.45, 2.75) is 32.7 Å². The van der Waals surface area contributed by atoms with E-state index in [1.54, 1.807) is 13.8 Å². The van der Waals surface area contributed by atoms with Gasteiger partial charge >= 0.3 is 6.03 Å². The number of hydrogen-bond acceptors (Lipinski definition) is 4. The van der Waals surface area contributed by atoms with Crippen molar-refractivity contribution in [2.75, 3.05) is 19.7 Å². The normalized spacial score (nSPS) is 16.0. The monoisotopic (exact) mass is 333 g/mol. The highest BCUT2D eigenvalue weighted by Crippen LogP contribution is 2.16. The highest BCUT2D eigenvalue weighted by molar-refractivity contribution is 6.08. The molecule has 130 valence electrons.